The molecule has 3 rings (SSSR count). The van der Waals surface area contributed by atoms with Gasteiger partial charge in [0.25, 0.3) is 0 Å². The molecule has 0 spiro atoms. The zero-order valence-corrected chi connectivity index (χ0v) is 17.3. The second-order valence-electron chi connectivity index (χ2n) is 6.83. The third-order valence-electron chi connectivity index (χ3n) is 4.62. The average molecular weight is 458 g/mol. The maximum absolute atomic E-state index is 12.5. The van der Waals surface area contributed by atoms with Crippen molar-refractivity contribution < 1.29 is 37.3 Å². The van der Waals surface area contributed by atoms with E-state index in [0.29, 0.717) is 11.1 Å². The number of ether oxygens (including phenoxy) is 2. The zero-order chi connectivity index (χ0) is 24.2. The standard InChI is InChI=1S/C23H17F3N2O5/c1-2-32-20(30)10-9-19(29)21-22(31)17(12-27)16-8-5-14(11-18(16)28-21)13-3-6-15(7-4-13)33-23(24,25)26/h3-8,11,31H,2,9-10H2,1H3. The molecule has 1 aromatic heterocycles. The second kappa shape index (κ2) is 9.56. The lowest BCUT2D eigenvalue weighted by atomic mass is 9.99. The number of rotatable bonds is 7. The highest BCUT2D eigenvalue weighted by Gasteiger charge is 2.31. The van der Waals surface area contributed by atoms with Crippen molar-refractivity contribution in [3.63, 3.8) is 0 Å². The minimum Gasteiger partial charge on any atom is -0.504 e. The number of benzene rings is 2. The van der Waals surface area contributed by atoms with Crippen LogP contribution in [0.2, 0.25) is 0 Å². The number of pyridine rings is 1. The summed E-state index contributed by atoms with van der Waals surface area (Å²) in [7, 11) is 0. The third-order valence-corrected chi connectivity index (χ3v) is 4.62. The van der Waals surface area contributed by atoms with Crippen LogP contribution in [0.15, 0.2) is 42.5 Å². The number of Topliss-reactive ketones (excluding diaryl/α,β-unsaturated/α-hetero) is 1. The summed E-state index contributed by atoms with van der Waals surface area (Å²) >= 11 is 0. The summed E-state index contributed by atoms with van der Waals surface area (Å²) in [5.41, 5.74) is 0.800. The van der Waals surface area contributed by atoms with Gasteiger partial charge in [0.05, 0.1) is 18.5 Å². The number of hydrogen-bond donors (Lipinski definition) is 1. The number of nitrogens with zero attached hydrogens (tertiary/aromatic N) is 2. The molecular weight excluding hydrogens is 441 g/mol. The van der Waals surface area contributed by atoms with E-state index in [1.807, 2.05) is 6.07 Å². The van der Waals surface area contributed by atoms with Crippen molar-refractivity contribution in [3.05, 3.63) is 53.7 Å². The molecule has 0 unspecified atom stereocenters. The summed E-state index contributed by atoms with van der Waals surface area (Å²) in [4.78, 5) is 28.3. The summed E-state index contributed by atoms with van der Waals surface area (Å²) in [6.07, 6.45) is -5.28. The Morgan fingerprint density at radius 1 is 1.09 bits per heavy atom. The SMILES string of the molecule is CCOC(=O)CCC(=O)c1nc2cc(-c3ccc(OC(F)(F)F)cc3)ccc2c(C#N)c1O. The van der Waals surface area contributed by atoms with Crippen LogP contribution >= 0.6 is 0 Å². The van der Waals surface area contributed by atoms with Crippen LogP contribution in [-0.4, -0.2) is 34.8 Å². The molecule has 0 radical (unpaired) electrons. The topological polar surface area (TPSA) is 110 Å². The van der Waals surface area contributed by atoms with E-state index >= 15 is 0 Å². The Morgan fingerprint density at radius 2 is 1.76 bits per heavy atom. The number of aromatic hydroxyl groups is 1. The van der Waals surface area contributed by atoms with Crippen molar-refractivity contribution >= 4 is 22.7 Å². The number of hydrogen-bond acceptors (Lipinski definition) is 7. The van der Waals surface area contributed by atoms with Crippen molar-refractivity contribution in [2.45, 2.75) is 26.1 Å². The van der Waals surface area contributed by atoms with Crippen LogP contribution in [0.25, 0.3) is 22.0 Å². The van der Waals surface area contributed by atoms with Gasteiger partial charge in [-0.3, -0.25) is 9.59 Å². The van der Waals surface area contributed by atoms with Crippen molar-refractivity contribution in [2.24, 2.45) is 0 Å². The van der Waals surface area contributed by atoms with Crippen molar-refractivity contribution in [2.75, 3.05) is 6.61 Å². The predicted molar refractivity (Wildman–Crippen MR) is 110 cm³/mol. The van der Waals surface area contributed by atoms with Crippen LogP contribution in [0.3, 0.4) is 0 Å². The second-order valence-corrected chi connectivity index (χ2v) is 6.83. The van der Waals surface area contributed by atoms with Crippen LogP contribution in [0.5, 0.6) is 11.5 Å². The number of fused-ring (bicyclic) bond motifs is 1. The molecule has 0 aliphatic rings. The van der Waals surface area contributed by atoms with E-state index in [9.17, 15) is 33.1 Å². The molecule has 1 heterocycles. The Balaban J connectivity index is 1.96. The Kier molecular flexibility index (Phi) is 6.82. The molecule has 3 aromatic rings. The quantitative estimate of drug-likeness (QED) is 0.396. The minimum absolute atomic E-state index is 0.153. The predicted octanol–water partition coefficient (Wildman–Crippen LogP) is 4.90. The van der Waals surface area contributed by atoms with Crippen molar-refractivity contribution in [1.29, 1.82) is 5.26 Å². The molecule has 1 N–H and O–H groups in total. The molecule has 10 heteroatoms. The normalized spacial score (nSPS) is 11.1. The molecule has 0 aliphatic heterocycles. The number of halogens is 3. The first-order chi connectivity index (χ1) is 15.6. The highest BCUT2D eigenvalue weighted by atomic mass is 19.4. The molecule has 0 aliphatic carbocycles. The fraction of sp³-hybridized carbons (Fsp3) is 0.217. The number of alkyl halides is 3. The maximum Gasteiger partial charge on any atom is 0.573 e. The lowest BCUT2D eigenvalue weighted by molar-refractivity contribution is -0.274. The van der Waals surface area contributed by atoms with Crippen LogP contribution in [0.4, 0.5) is 13.2 Å². The van der Waals surface area contributed by atoms with E-state index in [2.05, 4.69) is 9.72 Å². The highest BCUT2D eigenvalue weighted by Crippen LogP contribution is 2.33. The van der Waals surface area contributed by atoms with Crippen molar-refractivity contribution in [3.8, 4) is 28.7 Å². The largest absolute Gasteiger partial charge is 0.573 e. The Bertz CT molecular complexity index is 1250. The summed E-state index contributed by atoms with van der Waals surface area (Å²) in [5, 5.41) is 20.2. The third kappa shape index (κ3) is 5.57. The smallest absolute Gasteiger partial charge is 0.504 e. The van der Waals surface area contributed by atoms with Gasteiger partial charge in [-0.15, -0.1) is 13.2 Å². The molecule has 0 bridgehead atoms. The summed E-state index contributed by atoms with van der Waals surface area (Å²) < 4.78 is 45.7. The number of aromatic nitrogens is 1. The van der Waals surface area contributed by atoms with E-state index in [1.54, 1.807) is 13.0 Å². The molecule has 0 saturated carbocycles. The van der Waals surface area contributed by atoms with Gasteiger partial charge >= 0.3 is 12.3 Å². The molecule has 0 atom stereocenters. The highest BCUT2D eigenvalue weighted by molar-refractivity contribution is 6.03. The zero-order valence-electron chi connectivity index (χ0n) is 17.3. The maximum atomic E-state index is 12.5. The number of esters is 1. The van der Waals surface area contributed by atoms with Crippen molar-refractivity contribution in [1.82, 2.24) is 4.98 Å². The molecule has 33 heavy (non-hydrogen) atoms. The van der Waals surface area contributed by atoms with Gasteiger partial charge in [-0.2, -0.15) is 5.26 Å². The van der Waals surface area contributed by atoms with Gasteiger partial charge in [-0.1, -0.05) is 24.3 Å². The van der Waals surface area contributed by atoms with E-state index in [0.717, 1.165) is 12.1 Å². The molecule has 0 fully saturated rings. The average Bonchev–Trinajstić information content (AvgIpc) is 2.76. The fourth-order valence-corrected chi connectivity index (χ4v) is 3.16. The molecule has 0 amide bonds. The lowest BCUT2D eigenvalue weighted by Gasteiger charge is -2.11. The van der Waals surface area contributed by atoms with Crippen LogP contribution in [0.1, 0.15) is 35.8 Å². The van der Waals surface area contributed by atoms with Gasteiger partial charge in [0, 0.05) is 11.8 Å². The fourth-order valence-electron chi connectivity index (χ4n) is 3.16. The monoisotopic (exact) mass is 458 g/mol. The molecular formula is C23H17F3N2O5. The summed E-state index contributed by atoms with van der Waals surface area (Å²) in [6, 6.07) is 11.7. The van der Waals surface area contributed by atoms with E-state index < -0.39 is 23.9 Å². The molecule has 2 aromatic carbocycles. The van der Waals surface area contributed by atoms with Gasteiger partial charge in [-0.05, 0) is 36.2 Å². The molecule has 0 saturated heterocycles. The number of ketones is 1. The number of carbonyl (C=O) groups excluding carboxylic acids is 2. The molecule has 7 nitrogen and oxygen atoms in total. The Morgan fingerprint density at radius 3 is 2.36 bits per heavy atom. The first-order valence-electron chi connectivity index (χ1n) is 9.74. The summed E-state index contributed by atoms with van der Waals surface area (Å²) in [5.74, 6) is -2.18. The van der Waals surface area contributed by atoms with E-state index in [-0.39, 0.29) is 47.4 Å². The van der Waals surface area contributed by atoms with E-state index in [4.69, 9.17) is 4.74 Å². The molecule has 170 valence electrons. The van der Waals surface area contributed by atoms with Gasteiger partial charge in [0.2, 0.25) is 0 Å². The van der Waals surface area contributed by atoms with Gasteiger partial charge in [-0.25, -0.2) is 4.98 Å². The van der Waals surface area contributed by atoms with Crippen LogP contribution < -0.4 is 4.74 Å². The lowest BCUT2D eigenvalue weighted by Crippen LogP contribution is -2.16. The first-order valence-corrected chi connectivity index (χ1v) is 9.74. The Labute approximate surface area is 186 Å². The van der Waals surface area contributed by atoms with Gasteiger partial charge in [0.15, 0.2) is 11.5 Å². The Hall–Kier alpha value is -4.13. The minimum atomic E-state index is -4.81. The summed E-state index contributed by atoms with van der Waals surface area (Å²) in [6.45, 7) is 1.79. The first kappa shape index (κ1) is 23.5. The number of carbonyl (C=O) groups is 2. The number of nitriles is 1. The van der Waals surface area contributed by atoms with Gasteiger partial charge in [0.1, 0.15) is 23.1 Å². The van der Waals surface area contributed by atoms with E-state index in [1.165, 1.54) is 24.3 Å². The van der Waals surface area contributed by atoms with Crippen LogP contribution in [0, 0.1) is 11.3 Å². The van der Waals surface area contributed by atoms with Gasteiger partial charge < -0.3 is 14.6 Å². The van der Waals surface area contributed by atoms with Crippen LogP contribution in [-0.2, 0) is 9.53 Å².